The van der Waals surface area contributed by atoms with Crippen LogP contribution in [0, 0.1) is 5.82 Å². The van der Waals surface area contributed by atoms with E-state index in [2.05, 4.69) is 21.0 Å². The van der Waals surface area contributed by atoms with Crippen molar-refractivity contribution in [3.8, 4) is 0 Å². The third kappa shape index (κ3) is 2.74. The van der Waals surface area contributed by atoms with Crippen LogP contribution in [0.1, 0.15) is 24.3 Å². The van der Waals surface area contributed by atoms with Gasteiger partial charge in [0.05, 0.1) is 5.56 Å². The summed E-state index contributed by atoms with van der Waals surface area (Å²) < 4.78 is 20.6. The number of hydrogen-bond donors (Lipinski definition) is 0. The molecule has 3 rings (SSSR count). The van der Waals surface area contributed by atoms with Crippen molar-refractivity contribution in [3.63, 3.8) is 0 Å². The van der Waals surface area contributed by atoms with Gasteiger partial charge >= 0.3 is 0 Å². The predicted molar refractivity (Wildman–Crippen MR) is 83.4 cm³/mol. The Morgan fingerprint density at radius 1 is 1.23 bits per heavy atom. The lowest BCUT2D eigenvalue weighted by molar-refractivity contribution is -0.135. The molecule has 0 spiro atoms. The van der Waals surface area contributed by atoms with Crippen molar-refractivity contribution in [2.75, 3.05) is 0 Å². The first-order valence-electron chi connectivity index (χ1n) is 6.61. The highest BCUT2D eigenvalue weighted by atomic mass is 79.9. The van der Waals surface area contributed by atoms with Crippen molar-refractivity contribution < 1.29 is 13.9 Å². The lowest BCUT2D eigenvalue weighted by atomic mass is 10.2. The molecule has 1 amide bonds. The van der Waals surface area contributed by atoms with Gasteiger partial charge < -0.3 is 4.74 Å². The SMILES string of the molecule is CC(=O)N1N=C(c2ccc(Br)cc2)O[C@H]1c1ccccc1F. The summed E-state index contributed by atoms with van der Waals surface area (Å²) in [6.45, 7) is 1.37. The fourth-order valence-electron chi connectivity index (χ4n) is 2.15. The Balaban J connectivity index is 1.96. The lowest BCUT2D eigenvalue weighted by Crippen LogP contribution is -2.26. The number of rotatable bonds is 2. The Bertz CT molecular complexity index is 746. The summed E-state index contributed by atoms with van der Waals surface area (Å²) in [5.74, 6) is -0.470. The summed E-state index contributed by atoms with van der Waals surface area (Å²) in [5.41, 5.74) is 0.988. The molecule has 0 saturated carbocycles. The molecule has 0 unspecified atom stereocenters. The zero-order valence-corrected chi connectivity index (χ0v) is 13.2. The average Bonchev–Trinajstić information content (AvgIpc) is 2.93. The number of benzene rings is 2. The van der Waals surface area contributed by atoms with Crippen molar-refractivity contribution >= 4 is 27.7 Å². The maximum atomic E-state index is 14.0. The van der Waals surface area contributed by atoms with Crippen LogP contribution < -0.4 is 0 Å². The standard InChI is InChI=1S/C16H12BrFN2O2/c1-10(21)20-16(13-4-2-3-5-14(13)18)22-15(19-20)11-6-8-12(17)9-7-11/h2-9,16H,1H3/t16-/m0/s1. The van der Waals surface area contributed by atoms with Crippen LogP contribution in [0.5, 0.6) is 0 Å². The normalized spacial score (nSPS) is 17.1. The van der Waals surface area contributed by atoms with Crippen LogP contribution in [0.3, 0.4) is 0 Å². The lowest BCUT2D eigenvalue weighted by Gasteiger charge is -2.19. The molecule has 2 aromatic rings. The fraction of sp³-hybridized carbons (Fsp3) is 0.125. The number of hydrazone groups is 1. The molecule has 1 heterocycles. The van der Waals surface area contributed by atoms with E-state index in [4.69, 9.17) is 4.74 Å². The molecule has 0 aromatic heterocycles. The molecule has 22 heavy (non-hydrogen) atoms. The molecule has 0 aliphatic carbocycles. The van der Waals surface area contributed by atoms with Crippen LogP contribution in [0.25, 0.3) is 0 Å². The highest BCUT2D eigenvalue weighted by molar-refractivity contribution is 9.10. The first-order valence-corrected chi connectivity index (χ1v) is 7.41. The number of halogens is 2. The summed E-state index contributed by atoms with van der Waals surface area (Å²) in [6.07, 6.45) is -0.891. The molecule has 1 aliphatic heterocycles. The summed E-state index contributed by atoms with van der Waals surface area (Å²) in [7, 11) is 0. The van der Waals surface area contributed by atoms with Crippen molar-refractivity contribution in [2.24, 2.45) is 5.10 Å². The zero-order valence-electron chi connectivity index (χ0n) is 11.7. The van der Waals surface area contributed by atoms with Crippen molar-refractivity contribution in [2.45, 2.75) is 13.2 Å². The first kappa shape index (κ1) is 14.7. The molecule has 6 heteroatoms. The van der Waals surface area contributed by atoms with Gasteiger partial charge in [-0.05, 0) is 30.3 Å². The number of carbonyl (C=O) groups excluding carboxylic acids is 1. The van der Waals surface area contributed by atoms with Crippen molar-refractivity contribution in [1.29, 1.82) is 0 Å². The van der Waals surface area contributed by atoms with Crippen molar-refractivity contribution in [1.82, 2.24) is 5.01 Å². The topological polar surface area (TPSA) is 41.9 Å². The van der Waals surface area contributed by atoms with Crippen LogP contribution in [-0.4, -0.2) is 16.8 Å². The van der Waals surface area contributed by atoms with Crippen LogP contribution >= 0.6 is 15.9 Å². The third-order valence-electron chi connectivity index (χ3n) is 3.23. The Hall–Kier alpha value is -2.21. The smallest absolute Gasteiger partial charge is 0.243 e. The van der Waals surface area contributed by atoms with Gasteiger partial charge in [0.25, 0.3) is 0 Å². The molecule has 0 fully saturated rings. The van der Waals surface area contributed by atoms with E-state index >= 15 is 0 Å². The summed E-state index contributed by atoms with van der Waals surface area (Å²) in [4.78, 5) is 11.8. The van der Waals surface area contributed by atoms with E-state index in [1.807, 2.05) is 24.3 Å². The minimum atomic E-state index is -0.891. The molecular weight excluding hydrogens is 351 g/mol. The summed E-state index contributed by atoms with van der Waals surface area (Å²) in [5, 5.41) is 5.33. The molecule has 1 atom stereocenters. The first-order chi connectivity index (χ1) is 10.6. The number of nitrogens with zero attached hydrogens (tertiary/aromatic N) is 2. The number of hydrogen-bond acceptors (Lipinski definition) is 3. The van der Waals surface area contributed by atoms with Crippen LogP contribution in [0.2, 0.25) is 0 Å². The molecular formula is C16H12BrFN2O2. The average molecular weight is 363 g/mol. The summed E-state index contributed by atoms with van der Waals surface area (Å²) in [6, 6.07) is 13.5. The quantitative estimate of drug-likeness (QED) is 0.814. The van der Waals surface area contributed by atoms with Gasteiger partial charge in [-0.3, -0.25) is 4.79 Å². The Morgan fingerprint density at radius 2 is 1.91 bits per heavy atom. The molecule has 0 N–H and O–H groups in total. The molecule has 0 radical (unpaired) electrons. The highest BCUT2D eigenvalue weighted by Gasteiger charge is 2.34. The van der Waals surface area contributed by atoms with E-state index in [1.165, 1.54) is 13.0 Å². The van der Waals surface area contributed by atoms with Gasteiger partial charge in [0.15, 0.2) is 0 Å². The van der Waals surface area contributed by atoms with Gasteiger partial charge in [-0.25, -0.2) is 4.39 Å². The number of amides is 1. The second kappa shape index (κ2) is 5.88. The minimum absolute atomic E-state index is 0.272. The van der Waals surface area contributed by atoms with E-state index in [9.17, 15) is 9.18 Å². The highest BCUT2D eigenvalue weighted by Crippen LogP contribution is 2.31. The number of ether oxygens (including phenoxy) is 1. The molecule has 0 saturated heterocycles. The van der Waals surface area contributed by atoms with Gasteiger partial charge in [0, 0.05) is 17.0 Å². The Kier molecular flexibility index (Phi) is 3.94. The fourth-order valence-corrected chi connectivity index (χ4v) is 2.42. The van der Waals surface area contributed by atoms with E-state index < -0.39 is 12.0 Å². The van der Waals surface area contributed by atoms with Crippen molar-refractivity contribution in [3.05, 3.63) is 69.9 Å². The molecule has 1 aliphatic rings. The third-order valence-corrected chi connectivity index (χ3v) is 3.76. The monoisotopic (exact) mass is 362 g/mol. The minimum Gasteiger partial charge on any atom is -0.446 e. The molecule has 112 valence electrons. The largest absolute Gasteiger partial charge is 0.446 e. The van der Waals surface area contributed by atoms with E-state index in [1.54, 1.807) is 18.2 Å². The van der Waals surface area contributed by atoms with Gasteiger partial charge in [0.2, 0.25) is 18.0 Å². The predicted octanol–water partition coefficient (Wildman–Crippen LogP) is 3.83. The van der Waals surface area contributed by atoms with Gasteiger partial charge in [0.1, 0.15) is 5.82 Å². The molecule has 4 nitrogen and oxygen atoms in total. The number of carbonyl (C=O) groups is 1. The zero-order chi connectivity index (χ0) is 15.7. The maximum Gasteiger partial charge on any atom is 0.243 e. The molecule has 2 aromatic carbocycles. The van der Waals surface area contributed by atoms with E-state index in [0.29, 0.717) is 5.56 Å². The van der Waals surface area contributed by atoms with Crippen LogP contribution in [0.4, 0.5) is 4.39 Å². The van der Waals surface area contributed by atoms with E-state index in [-0.39, 0.29) is 17.4 Å². The second-order valence-electron chi connectivity index (χ2n) is 4.77. The van der Waals surface area contributed by atoms with Gasteiger partial charge in [-0.1, -0.05) is 34.1 Å². The van der Waals surface area contributed by atoms with E-state index in [0.717, 1.165) is 9.48 Å². The maximum absolute atomic E-state index is 14.0. The second-order valence-corrected chi connectivity index (χ2v) is 5.68. The van der Waals surface area contributed by atoms with Gasteiger partial charge in [-0.15, -0.1) is 5.10 Å². The Morgan fingerprint density at radius 3 is 2.55 bits per heavy atom. The Labute approximate surface area is 135 Å². The van der Waals surface area contributed by atoms with Crippen LogP contribution in [-0.2, 0) is 9.53 Å². The van der Waals surface area contributed by atoms with Crippen LogP contribution in [0.15, 0.2) is 58.1 Å². The van der Waals surface area contributed by atoms with Gasteiger partial charge in [-0.2, -0.15) is 5.01 Å². The summed E-state index contributed by atoms with van der Waals surface area (Å²) >= 11 is 3.35. The molecule has 0 bridgehead atoms.